The lowest BCUT2D eigenvalue weighted by molar-refractivity contribution is -0.113. The maximum Gasteiger partial charge on any atom is 0.205 e. The van der Waals surface area contributed by atoms with Crippen molar-refractivity contribution in [2.24, 2.45) is 0 Å². The van der Waals surface area contributed by atoms with Crippen LogP contribution in [0.4, 0.5) is 0 Å². The fourth-order valence-corrected chi connectivity index (χ4v) is 1.27. The van der Waals surface area contributed by atoms with Crippen molar-refractivity contribution < 1.29 is 10.2 Å². The summed E-state index contributed by atoms with van der Waals surface area (Å²) >= 11 is 11.3. The Morgan fingerprint density at radius 1 is 1.55 bits per heavy atom. The Balaban J connectivity index is 3.01. The first-order chi connectivity index (χ1) is 4.95. The average Bonchev–Trinajstić information content (AvgIpc) is 1.95. The first-order valence-corrected chi connectivity index (χ1v) is 3.91. The van der Waals surface area contributed by atoms with E-state index >= 15 is 0 Å². The van der Waals surface area contributed by atoms with E-state index in [1.807, 2.05) is 0 Å². The van der Waals surface area contributed by atoms with Gasteiger partial charge in [-0.3, -0.25) is 0 Å². The summed E-state index contributed by atoms with van der Waals surface area (Å²) in [5.41, 5.74) is 0.755. The fourth-order valence-electron chi connectivity index (χ4n) is 0.798. The second kappa shape index (κ2) is 2.79. The fraction of sp³-hybridized carbons (Fsp3) is 0.429. The van der Waals surface area contributed by atoms with Crippen molar-refractivity contribution in [1.29, 1.82) is 0 Å². The van der Waals surface area contributed by atoms with Crippen LogP contribution in [-0.2, 0) is 0 Å². The van der Waals surface area contributed by atoms with Gasteiger partial charge < -0.3 is 10.2 Å². The number of hydrogen-bond donors (Lipinski definition) is 2. The third-order valence-corrected chi connectivity index (χ3v) is 2.72. The number of halogens is 2. The number of aliphatic hydroxyl groups is 2. The van der Waals surface area contributed by atoms with Crippen LogP contribution in [0, 0.1) is 0 Å². The van der Waals surface area contributed by atoms with E-state index in [9.17, 15) is 0 Å². The van der Waals surface area contributed by atoms with E-state index in [2.05, 4.69) is 0 Å². The van der Waals surface area contributed by atoms with Crippen LogP contribution >= 0.6 is 23.2 Å². The van der Waals surface area contributed by atoms with Crippen molar-refractivity contribution in [3.05, 3.63) is 22.8 Å². The highest BCUT2D eigenvalue weighted by Gasteiger charge is 2.35. The van der Waals surface area contributed by atoms with Gasteiger partial charge in [-0.1, -0.05) is 17.7 Å². The molecule has 0 saturated carbocycles. The summed E-state index contributed by atoms with van der Waals surface area (Å²) in [5.74, 6) is -2.02. The molecule has 0 aromatic heterocycles. The van der Waals surface area contributed by atoms with Gasteiger partial charge in [0.2, 0.25) is 5.79 Å². The summed E-state index contributed by atoms with van der Waals surface area (Å²) in [6.07, 6.45) is 2.74. The lowest BCUT2D eigenvalue weighted by atomic mass is 10.0. The Kier molecular flexibility index (Phi) is 2.30. The predicted molar refractivity (Wildman–Crippen MR) is 44.5 cm³/mol. The summed E-state index contributed by atoms with van der Waals surface area (Å²) in [6, 6.07) is 0. The topological polar surface area (TPSA) is 40.5 Å². The minimum absolute atomic E-state index is 0.277. The number of rotatable bonds is 0. The molecule has 1 unspecified atom stereocenters. The Hall–Kier alpha value is -0.0200. The van der Waals surface area contributed by atoms with Crippen molar-refractivity contribution >= 4 is 23.2 Å². The molecule has 1 aliphatic rings. The van der Waals surface area contributed by atoms with Crippen LogP contribution in [0.3, 0.4) is 0 Å². The zero-order chi connectivity index (χ0) is 8.65. The monoisotopic (exact) mass is 194 g/mol. The quantitative estimate of drug-likeness (QED) is 0.452. The molecule has 0 fully saturated rings. The number of allylic oxidation sites excluding steroid dienone is 2. The molecule has 0 aliphatic heterocycles. The molecule has 0 saturated heterocycles. The van der Waals surface area contributed by atoms with Crippen LogP contribution in [0.2, 0.25) is 0 Å². The largest absolute Gasteiger partial charge is 0.361 e. The highest BCUT2D eigenvalue weighted by atomic mass is 35.5. The van der Waals surface area contributed by atoms with Gasteiger partial charge in [0, 0.05) is 5.03 Å². The van der Waals surface area contributed by atoms with Gasteiger partial charge in [0.15, 0.2) is 0 Å². The minimum atomic E-state index is -2.02. The van der Waals surface area contributed by atoms with Gasteiger partial charge in [0.1, 0.15) is 5.38 Å². The Morgan fingerprint density at radius 2 is 2.09 bits per heavy atom. The molecular formula is C7H8Cl2O2. The van der Waals surface area contributed by atoms with Crippen LogP contribution in [0.1, 0.15) is 6.92 Å². The molecule has 0 radical (unpaired) electrons. The minimum Gasteiger partial charge on any atom is -0.361 e. The highest BCUT2D eigenvalue weighted by molar-refractivity contribution is 6.38. The van der Waals surface area contributed by atoms with Gasteiger partial charge >= 0.3 is 0 Å². The molecular weight excluding hydrogens is 187 g/mol. The van der Waals surface area contributed by atoms with Gasteiger partial charge in [0.05, 0.1) is 0 Å². The smallest absolute Gasteiger partial charge is 0.205 e. The summed E-state index contributed by atoms with van der Waals surface area (Å²) in [4.78, 5) is 0. The van der Waals surface area contributed by atoms with Crippen LogP contribution in [-0.4, -0.2) is 21.4 Å². The molecule has 1 aliphatic carbocycles. The third-order valence-electron chi connectivity index (χ3n) is 1.55. The van der Waals surface area contributed by atoms with E-state index in [0.717, 1.165) is 5.57 Å². The molecule has 0 aromatic rings. The number of alkyl halides is 1. The van der Waals surface area contributed by atoms with Crippen LogP contribution in [0.5, 0.6) is 0 Å². The second-order valence-electron chi connectivity index (χ2n) is 2.51. The molecule has 0 spiro atoms. The molecule has 4 heteroatoms. The standard InChI is InChI=1S/C7H8Cl2O2/c1-4-2-3-7(10,11)6(9)5(4)8/h2-3,6,10-11H,1H3. The first kappa shape index (κ1) is 9.07. The summed E-state index contributed by atoms with van der Waals surface area (Å²) in [6.45, 7) is 1.75. The van der Waals surface area contributed by atoms with E-state index in [4.69, 9.17) is 33.4 Å². The van der Waals surface area contributed by atoms with Gasteiger partial charge in [-0.25, -0.2) is 0 Å². The maximum absolute atomic E-state index is 9.15. The first-order valence-electron chi connectivity index (χ1n) is 3.09. The zero-order valence-corrected chi connectivity index (χ0v) is 7.39. The average molecular weight is 195 g/mol. The van der Waals surface area contributed by atoms with Crippen molar-refractivity contribution in [2.75, 3.05) is 0 Å². The Bertz CT molecular complexity index is 231. The highest BCUT2D eigenvalue weighted by Crippen LogP contribution is 2.32. The zero-order valence-electron chi connectivity index (χ0n) is 5.88. The normalized spacial score (nSPS) is 29.4. The van der Waals surface area contributed by atoms with Crippen LogP contribution in [0.15, 0.2) is 22.8 Å². The van der Waals surface area contributed by atoms with Crippen LogP contribution < -0.4 is 0 Å². The molecule has 0 heterocycles. The van der Waals surface area contributed by atoms with Crippen molar-refractivity contribution in [1.82, 2.24) is 0 Å². The Morgan fingerprint density at radius 3 is 2.55 bits per heavy atom. The predicted octanol–water partition coefficient (Wildman–Crippen LogP) is 1.36. The Labute approximate surface area is 74.7 Å². The summed E-state index contributed by atoms with van der Waals surface area (Å²) in [5, 5.41) is 17.6. The summed E-state index contributed by atoms with van der Waals surface area (Å²) in [7, 11) is 0. The van der Waals surface area contributed by atoms with Crippen LogP contribution in [0.25, 0.3) is 0 Å². The molecule has 0 amide bonds. The maximum atomic E-state index is 9.15. The van der Waals surface area contributed by atoms with Gasteiger partial charge in [-0.2, -0.15) is 0 Å². The van der Waals surface area contributed by atoms with Gasteiger partial charge in [-0.15, -0.1) is 11.6 Å². The third kappa shape index (κ3) is 1.59. The van der Waals surface area contributed by atoms with E-state index < -0.39 is 11.2 Å². The van der Waals surface area contributed by atoms with Crippen molar-refractivity contribution in [3.63, 3.8) is 0 Å². The van der Waals surface area contributed by atoms with Crippen molar-refractivity contribution in [3.8, 4) is 0 Å². The van der Waals surface area contributed by atoms with Gasteiger partial charge in [-0.05, 0) is 18.6 Å². The molecule has 0 aromatic carbocycles. The van der Waals surface area contributed by atoms with E-state index in [-0.39, 0.29) is 5.03 Å². The molecule has 11 heavy (non-hydrogen) atoms. The number of hydrogen-bond acceptors (Lipinski definition) is 2. The molecule has 0 bridgehead atoms. The molecule has 2 nitrogen and oxygen atoms in total. The lowest BCUT2D eigenvalue weighted by Crippen LogP contribution is -2.38. The molecule has 1 atom stereocenters. The van der Waals surface area contributed by atoms with E-state index in [1.54, 1.807) is 6.92 Å². The summed E-state index contributed by atoms with van der Waals surface area (Å²) < 4.78 is 0. The second-order valence-corrected chi connectivity index (χ2v) is 3.35. The molecule has 62 valence electrons. The van der Waals surface area contributed by atoms with E-state index in [0.29, 0.717) is 0 Å². The van der Waals surface area contributed by atoms with E-state index in [1.165, 1.54) is 12.2 Å². The molecule has 1 rings (SSSR count). The SMILES string of the molecule is CC1=C(Cl)C(Cl)C(O)(O)C=C1. The van der Waals surface area contributed by atoms with Crippen molar-refractivity contribution in [2.45, 2.75) is 18.1 Å². The van der Waals surface area contributed by atoms with Gasteiger partial charge in [0.25, 0.3) is 0 Å². The lowest BCUT2D eigenvalue weighted by Gasteiger charge is -2.27. The molecule has 2 N–H and O–H groups in total.